The van der Waals surface area contributed by atoms with Crippen molar-refractivity contribution >= 4 is 17.5 Å². The Morgan fingerprint density at radius 2 is 1.73 bits per heavy atom. The fourth-order valence-electron chi connectivity index (χ4n) is 2.05. The molecule has 0 heterocycles. The number of hydrogen-bond acceptors (Lipinski definition) is 2. The molecule has 0 atom stereocenters. The summed E-state index contributed by atoms with van der Waals surface area (Å²) in [5, 5.41) is 5.14. The predicted molar refractivity (Wildman–Crippen MR) is 83.2 cm³/mol. The van der Waals surface area contributed by atoms with Crippen LogP contribution in [-0.2, 0) is 11.2 Å². The van der Waals surface area contributed by atoms with E-state index in [4.69, 9.17) is 0 Å². The lowest BCUT2D eigenvalue weighted by molar-refractivity contribution is -0.115. The summed E-state index contributed by atoms with van der Waals surface area (Å²) in [6.45, 7) is 1.77. The van der Waals surface area contributed by atoms with E-state index in [9.17, 15) is 14.0 Å². The highest BCUT2D eigenvalue weighted by molar-refractivity contribution is 5.99. The Bertz CT molecular complexity index is 686. The van der Waals surface area contributed by atoms with Crippen LogP contribution in [-0.4, -0.2) is 18.4 Å². The fraction of sp³-hybridized carbons (Fsp3) is 0.176. The van der Waals surface area contributed by atoms with Crippen LogP contribution in [0.5, 0.6) is 0 Å². The van der Waals surface area contributed by atoms with Gasteiger partial charge < -0.3 is 10.6 Å². The number of amides is 2. The van der Waals surface area contributed by atoms with E-state index in [2.05, 4.69) is 10.6 Å². The number of carbonyl (C=O) groups is 2. The Balaban J connectivity index is 1.93. The van der Waals surface area contributed by atoms with Crippen LogP contribution in [0.15, 0.2) is 48.5 Å². The maximum atomic E-state index is 13.4. The number of anilines is 1. The summed E-state index contributed by atoms with van der Waals surface area (Å²) < 4.78 is 13.4. The number of nitrogens with one attached hydrogen (secondary N) is 2. The van der Waals surface area contributed by atoms with E-state index >= 15 is 0 Å². The van der Waals surface area contributed by atoms with Crippen LogP contribution in [0.2, 0.25) is 0 Å². The van der Waals surface area contributed by atoms with Crippen LogP contribution in [0.25, 0.3) is 0 Å². The van der Waals surface area contributed by atoms with Crippen molar-refractivity contribution in [3.63, 3.8) is 0 Å². The van der Waals surface area contributed by atoms with Gasteiger partial charge in [0.05, 0.1) is 12.1 Å². The number of hydrogen-bond donors (Lipinski definition) is 2. The van der Waals surface area contributed by atoms with Crippen LogP contribution in [0.3, 0.4) is 0 Å². The molecule has 0 fully saturated rings. The Morgan fingerprint density at radius 1 is 1.05 bits per heavy atom. The minimum atomic E-state index is -0.614. The largest absolute Gasteiger partial charge is 0.343 e. The molecule has 2 rings (SSSR count). The van der Waals surface area contributed by atoms with Gasteiger partial charge in [0.15, 0.2) is 0 Å². The summed E-state index contributed by atoms with van der Waals surface area (Å²) in [6.07, 6.45) is 0.790. The average molecular weight is 300 g/mol. The van der Waals surface area contributed by atoms with E-state index in [0.29, 0.717) is 0 Å². The highest BCUT2D eigenvalue weighted by atomic mass is 19.1. The zero-order valence-corrected chi connectivity index (χ0v) is 12.2. The normalized spacial score (nSPS) is 10.1. The van der Waals surface area contributed by atoms with E-state index in [1.165, 1.54) is 18.2 Å². The molecule has 0 aromatic heterocycles. The maximum Gasteiger partial charge on any atom is 0.254 e. The molecule has 22 heavy (non-hydrogen) atoms. The van der Waals surface area contributed by atoms with E-state index in [1.54, 1.807) is 12.1 Å². The lowest BCUT2D eigenvalue weighted by atomic mass is 10.1. The van der Waals surface area contributed by atoms with Gasteiger partial charge >= 0.3 is 0 Å². The topological polar surface area (TPSA) is 58.2 Å². The number of benzene rings is 2. The van der Waals surface area contributed by atoms with Gasteiger partial charge in [-0.3, -0.25) is 9.59 Å². The van der Waals surface area contributed by atoms with Gasteiger partial charge in [-0.25, -0.2) is 4.39 Å². The molecular weight excluding hydrogens is 283 g/mol. The zero-order chi connectivity index (χ0) is 15.9. The standard InChI is InChI=1S/C17H17FN2O2/c1-2-12-7-3-6-10-15(12)20-16(21)11-19-17(22)13-8-4-5-9-14(13)18/h3-10H,2,11H2,1H3,(H,19,22)(H,20,21). The maximum absolute atomic E-state index is 13.4. The third-order valence-corrected chi connectivity index (χ3v) is 3.20. The molecule has 0 saturated heterocycles. The fourth-order valence-corrected chi connectivity index (χ4v) is 2.05. The summed E-state index contributed by atoms with van der Waals surface area (Å²) in [5.74, 6) is -1.58. The van der Waals surface area contributed by atoms with Crippen LogP contribution >= 0.6 is 0 Å². The Morgan fingerprint density at radius 3 is 2.45 bits per heavy atom. The van der Waals surface area contributed by atoms with Crippen molar-refractivity contribution in [1.29, 1.82) is 0 Å². The average Bonchev–Trinajstić information content (AvgIpc) is 2.53. The molecular formula is C17H17FN2O2. The van der Waals surface area contributed by atoms with Crippen LogP contribution in [0.4, 0.5) is 10.1 Å². The molecule has 2 amide bonds. The van der Waals surface area contributed by atoms with Gasteiger partial charge in [0, 0.05) is 5.69 Å². The number of para-hydroxylation sites is 1. The van der Waals surface area contributed by atoms with E-state index < -0.39 is 11.7 Å². The van der Waals surface area contributed by atoms with E-state index in [-0.39, 0.29) is 18.0 Å². The van der Waals surface area contributed by atoms with Gasteiger partial charge in [0.25, 0.3) is 5.91 Å². The number of rotatable bonds is 5. The third kappa shape index (κ3) is 3.91. The molecule has 0 unspecified atom stereocenters. The summed E-state index contributed by atoms with van der Waals surface area (Å²) in [6, 6.07) is 13.1. The number of halogens is 1. The molecule has 114 valence electrons. The molecule has 0 spiro atoms. The second-order valence-electron chi connectivity index (χ2n) is 4.72. The first-order valence-electron chi connectivity index (χ1n) is 7.02. The van der Waals surface area contributed by atoms with Crippen LogP contribution < -0.4 is 10.6 Å². The van der Waals surface area contributed by atoms with Gasteiger partial charge in [0.1, 0.15) is 5.82 Å². The third-order valence-electron chi connectivity index (χ3n) is 3.20. The molecule has 0 aliphatic rings. The van der Waals surface area contributed by atoms with Gasteiger partial charge in [-0.1, -0.05) is 37.3 Å². The Kier molecular flexibility index (Phi) is 5.25. The molecule has 0 aliphatic carbocycles. The SMILES string of the molecule is CCc1ccccc1NC(=O)CNC(=O)c1ccccc1F. The number of aryl methyl sites for hydroxylation is 1. The predicted octanol–water partition coefficient (Wildman–Crippen LogP) is 2.76. The highest BCUT2D eigenvalue weighted by Crippen LogP contribution is 2.15. The quantitative estimate of drug-likeness (QED) is 0.892. The monoisotopic (exact) mass is 300 g/mol. The van der Waals surface area contributed by atoms with Crippen molar-refractivity contribution in [2.75, 3.05) is 11.9 Å². The highest BCUT2D eigenvalue weighted by Gasteiger charge is 2.12. The van der Waals surface area contributed by atoms with Crippen LogP contribution in [0.1, 0.15) is 22.8 Å². The van der Waals surface area contributed by atoms with E-state index in [1.807, 2.05) is 25.1 Å². The second-order valence-corrected chi connectivity index (χ2v) is 4.72. The van der Waals surface area contributed by atoms with Gasteiger partial charge in [-0.05, 0) is 30.2 Å². The Labute approximate surface area is 128 Å². The number of carbonyl (C=O) groups excluding carboxylic acids is 2. The van der Waals surface area contributed by atoms with Gasteiger partial charge in [-0.2, -0.15) is 0 Å². The van der Waals surface area contributed by atoms with Crippen LogP contribution in [0, 0.1) is 5.82 Å². The smallest absolute Gasteiger partial charge is 0.254 e. The first kappa shape index (κ1) is 15.7. The molecule has 0 bridgehead atoms. The Hall–Kier alpha value is -2.69. The summed E-state index contributed by atoms with van der Waals surface area (Å²) in [5.41, 5.74) is 1.65. The second kappa shape index (κ2) is 7.36. The van der Waals surface area contributed by atoms with Crippen molar-refractivity contribution in [1.82, 2.24) is 5.32 Å². The zero-order valence-electron chi connectivity index (χ0n) is 12.2. The molecule has 0 aliphatic heterocycles. The van der Waals surface area contributed by atoms with Crippen molar-refractivity contribution < 1.29 is 14.0 Å². The first-order valence-corrected chi connectivity index (χ1v) is 7.02. The molecule has 0 saturated carbocycles. The lowest BCUT2D eigenvalue weighted by Gasteiger charge is -2.10. The van der Waals surface area contributed by atoms with Crippen molar-refractivity contribution in [2.45, 2.75) is 13.3 Å². The molecule has 2 aromatic rings. The molecule has 4 nitrogen and oxygen atoms in total. The van der Waals surface area contributed by atoms with Crippen molar-refractivity contribution in [3.8, 4) is 0 Å². The van der Waals surface area contributed by atoms with E-state index in [0.717, 1.165) is 17.7 Å². The lowest BCUT2D eigenvalue weighted by Crippen LogP contribution is -2.33. The minimum absolute atomic E-state index is 0.0794. The summed E-state index contributed by atoms with van der Waals surface area (Å²) in [4.78, 5) is 23.7. The molecule has 2 aromatic carbocycles. The minimum Gasteiger partial charge on any atom is -0.343 e. The van der Waals surface area contributed by atoms with Crippen molar-refractivity contribution in [3.05, 3.63) is 65.5 Å². The summed E-state index contributed by atoms with van der Waals surface area (Å²) >= 11 is 0. The van der Waals surface area contributed by atoms with Crippen molar-refractivity contribution in [2.24, 2.45) is 0 Å². The van der Waals surface area contributed by atoms with Gasteiger partial charge in [-0.15, -0.1) is 0 Å². The molecule has 0 radical (unpaired) electrons. The van der Waals surface area contributed by atoms with Gasteiger partial charge in [0.2, 0.25) is 5.91 Å². The first-order chi connectivity index (χ1) is 10.6. The molecule has 2 N–H and O–H groups in total. The molecule has 5 heteroatoms. The summed E-state index contributed by atoms with van der Waals surface area (Å²) in [7, 11) is 0.